The maximum absolute atomic E-state index is 8.81. The number of nitrogens with one attached hydrogen (secondary N) is 1. The van der Waals surface area contributed by atoms with E-state index in [9.17, 15) is 0 Å². The Balaban J connectivity index is 0. The van der Waals surface area contributed by atoms with Gasteiger partial charge in [0.25, 0.3) is 0 Å². The molecule has 0 atom stereocenters. The Bertz CT molecular complexity index is 68.1. The van der Waals surface area contributed by atoms with Crippen LogP contribution in [0.3, 0.4) is 0 Å². The molecule has 0 spiro atoms. The smallest absolute Gasteiger partial charge is 0.184 e. The molecule has 0 rings (SSSR count). The van der Waals surface area contributed by atoms with Crippen molar-refractivity contribution in [2.45, 2.75) is 0 Å². The number of hydrogen-bond acceptors (Lipinski definition) is 5. The minimum Gasteiger partial charge on any atom is -0.379 e. The Morgan fingerprint density at radius 1 is 1.75 bits per heavy atom. The molecule has 0 fully saturated rings. The molecular formula is H3N3O5. The highest BCUT2D eigenvalue weighted by Gasteiger charge is 1.75. The second-order valence-electron chi connectivity index (χ2n) is 0.439. The number of hydrogen-bond donors (Lipinski definition) is 3. The summed E-state index contributed by atoms with van der Waals surface area (Å²) in [6.07, 6.45) is 0. The van der Waals surface area contributed by atoms with Crippen LogP contribution in [0.5, 0.6) is 0 Å². The summed E-state index contributed by atoms with van der Waals surface area (Å²) in [4.78, 5) is 16.9. The monoisotopic (exact) mass is 125 g/mol. The van der Waals surface area contributed by atoms with Crippen molar-refractivity contribution in [1.82, 2.24) is 5.59 Å². The number of rotatable bonds is 1. The van der Waals surface area contributed by atoms with Crippen LogP contribution in [0.1, 0.15) is 0 Å². The van der Waals surface area contributed by atoms with Crippen LogP contribution in [0.4, 0.5) is 0 Å². The lowest BCUT2D eigenvalue weighted by Crippen LogP contribution is -2.14. The van der Waals surface area contributed by atoms with Crippen molar-refractivity contribution < 1.29 is 15.4 Å². The van der Waals surface area contributed by atoms with Crippen LogP contribution >= 0.6 is 0 Å². The Labute approximate surface area is 42.7 Å². The summed E-state index contributed by atoms with van der Waals surface area (Å²) in [5.74, 6) is 0. The van der Waals surface area contributed by atoms with E-state index in [1.54, 1.807) is 0 Å². The molecule has 0 aromatic rings. The average molecular weight is 125 g/mol. The third kappa shape index (κ3) is 184. The molecule has 0 radical (unpaired) electrons. The fourth-order valence-corrected chi connectivity index (χ4v) is 0. The summed E-state index contributed by atoms with van der Waals surface area (Å²) in [6.45, 7) is 0. The summed E-state index contributed by atoms with van der Waals surface area (Å²) < 4.78 is 0. The van der Waals surface area contributed by atoms with Gasteiger partial charge in [-0.2, -0.15) is 0 Å². The molecular weight excluding hydrogens is 122 g/mol. The van der Waals surface area contributed by atoms with Crippen molar-refractivity contribution in [3.05, 3.63) is 15.0 Å². The van der Waals surface area contributed by atoms with E-state index in [2.05, 4.69) is 0 Å². The van der Waals surface area contributed by atoms with Crippen molar-refractivity contribution in [3.8, 4) is 0 Å². The fraction of sp³-hybridized carbons (Fsp3) is 0. The minimum atomic E-state index is -1.07. The zero-order chi connectivity index (χ0) is 6.99. The standard InChI is InChI=1S/H2N2O3.HNO2/c3-1-2(4)5;2-1-3/h1,3H;(H,2,3). The zero-order valence-electron chi connectivity index (χ0n) is 3.51. The first kappa shape index (κ1) is 9.75. The first-order valence-corrected chi connectivity index (χ1v) is 1.19. The third-order valence-electron chi connectivity index (χ3n) is 0.0816. The van der Waals surface area contributed by atoms with E-state index in [-0.39, 0.29) is 0 Å². The SMILES string of the molecule is O=NO.O=[N+]([O-])NO. The van der Waals surface area contributed by atoms with Gasteiger partial charge < -0.3 is 5.21 Å². The van der Waals surface area contributed by atoms with Crippen LogP contribution < -0.4 is 5.59 Å². The molecule has 0 saturated carbocycles. The van der Waals surface area contributed by atoms with Gasteiger partial charge in [-0.1, -0.05) is 0 Å². The van der Waals surface area contributed by atoms with Crippen molar-refractivity contribution in [1.29, 1.82) is 0 Å². The van der Waals surface area contributed by atoms with Crippen LogP contribution in [-0.4, -0.2) is 15.4 Å². The number of hydrazine groups is 1. The van der Waals surface area contributed by atoms with Crippen LogP contribution in [0.2, 0.25) is 0 Å². The quantitative estimate of drug-likeness (QED) is 0.241. The van der Waals surface area contributed by atoms with Crippen molar-refractivity contribution in [2.24, 2.45) is 5.34 Å². The highest BCUT2D eigenvalue weighted by Crippen LogP contribution is 1.41. The van der Waals surface area contributed by atoms with Crippen LogP contribution in [0.15, 0.2) is 5.34 Å². The van der Waals surface area contributed by atoms with E-state index >= 15 is 0 Å². The van der Waals surface area contributed by atoms with E-state index in [1.165, 1.54) is 5.34 Å². The lowest BCUT2D eigenvalue weighted by molar-refractivity contribution is -0.600. The van der Waals surface area contributed by atoms with E-state index in [1.807, 2.05) is 0 Å². The third-order valence-corrected chi connectivity index (χ3v) is 0.0816. The molecule has 0 aliphatic carbocycles. The second kappa shape index (κ2) is 9.12. The Hall–Kier alpha value is -1.44. The van der Waals surface area contributed by atoms with Crippen LogP contribution in [0, 0.1) is 15.0 Å². The fourth-order valence-electron chi connectivity index (χ4n) is 0. The van der Waals surface area contributed by atoms with E-state index in [4.69, 9.17) is 25.4 Å². The van der Waals surface area contributed by atoms with E-state index < -0.39 is 5.03 Å². The molecule has 0 aliphatic rings. The number of nitrogens with zero attached hydrogens (tertiary/aromatic N) is 2. The number of nitro groups is 1. The zero-order valence-corrected chi connectivity index (χ0v) is 3.51. The maximum atomic E-state index is 8.81. The largest absolute Gasteiger partial charge is 0.379 e. The van der Waals surface area contributed by atoms with Gasteiger partial charge in [-0.05, 0) is 5.59 Å². The van der Waals surface area contributed by atoms with Gasteiger partial charge in [0, 0.05) is 0 Å². The summed E-state index contributed by atoms with van der Waals surface area (Å²) in [6, 6.07) is 0. The summed E-state index contributed by atoms with van der Waals surface area (Å²) in [5, 5.41) is 22.8. The molecule has 0 aliphatic heterocycles. The topological polar surface area (TPSA) is 125 Å². The predicted octanol–water partition coefficient (Wildman–Crippen LogP) is -0.701. The molecule has 0 heterocycles. The van der Waals surface area contributed by atoms with Gasteiger partial charge in [0.1, 0.15) is 0 Å². The van der Waals surface area contributed by atoms with Gasteiger partial charge in [0.15, 0.2) is 10.4 Å². The summed E-state index contributed by atoms with van der Waals surface area (Å²) in [5.41, 5.74) is 0.750. The molecule has 0 saturated heterocycles. The van der Waals surface area contributed by atoms with Crippen molar-refractivity contribution in [2.75, 3.05) is 0 Å². The molecule has 0 bridgehead atoms. The first-order valence-electron chi connectivity index (χ1n) is 1.19. The first-order chi connectivity index (χ1) is 3.68. The molecule has 3 N–H and O–H groups in total. The van der Waals surface area contributed by atoms with Crippen molar-refractivity contribution in [3.63, 3.8) is 0 Å². The van der Waals surface area contributed by atoms with Crippen LogP contribution in [-0.2, 0) is 0 Å². The Kier molecular flexibility index (Phi) is 11.1. The molecule has 0 unspecified atom stereocenters. The lowest BCUT2D eigenvalue weighted by atomic mass is 12.6. The average Bonchev–Trinajstić information content (AvgIpc) is 1.69. The van der Waals surface area contributed by atoms with Gasteiger partial charge >= 0.3 is 0 Å². The van der Waals surface area contributed by atoms with E-state index in [0.717, 1.165) is 5.59 Å². The maximum Gasteiger partial charge on any atom is 0.184 e. The summed E-state index contributed by atoms with van der Waals surface area (Å²) >= 11 is 0. The Morgan fingerprint density at radius 3 is 1.88 bits per heavy atom. The van der Waals surface area contributed by atoms with E-state index in [0.29, 0.717) is 0 Å². The normalized spacial score (nSPS) is 5.62. The molecule has 8 nitrogen and oxygen atoms in total. The van der Waals surface area contributed by atoms with Crippen LogP contribution in [0.25, 0.3) is 0 Å². The molecule has 0 aromatic heterocycles. The minimum absolute atomic E-state index is 0.750. The van der Waals surface area contributed by atoms with Crippen molar-refractivity contribution >= 4 is 0 Å². The lowest BCUT2D eigenvalue weighted by Gasteiger charge is -1.74. The van der Waals surface area contributed by atoms with Gasteiger partial charge in [-0.3, -0.25) is 0 Å². The Morgan fingerprint density at radius 2 is 1.88 bits per heavy atom. The molecule has 48 valence electrons. The van der Waals surface area contributed by atoms with Gasteiger partial charge in [-0.15, -0.1) is 4.91 Å². The van der Waals surface area contributed by atoms with Gasteiger partial charge in [0.05, 0.1) is 0 Å². The summed E-state index contributed by atoms with van der Waals surface area (Å²) in [7, 11) is 0. The molecule has 0 amide bonds. The highest BCUT2D eigenvalue weighted by molar-refractivity contribution is 3.89. The predicted molar refractivity (Wildman–Crippen MR) is 19.5 cm³/mol. The van der Waals surface area contributed by atoms with Gasteiger partial charge in [0.2, 0.25) is 0 Å². The second-order valence-corrected chi connectivity index (χ2v) is 0.439. The molecule has 0 aromatic carbocycles. The molecule has 8 heavy (non-hydrogen) atoms. The molecule has 8 heteroatoms. The highest BCUT2D eigenvalue weighted by atomic mass is 16.7. The van der Waals surface area contributed by atoms with Gasteiger partial charge in [-0.25, -0.2) is 15.3 Å².